The molecule has 1 heterocycles. The summed E-state index contributed by atoms with van der Waals surface area (Å²) >= 11 is 6.03. The van der Waals surface area contributed by atoms with Crippen molar-refractivity contribution in [2.24, 2.45) is 11.8 Å². The molecule has 0 radical (unpaired) electrons. The van der Waals surface area contributed by atoms with Crippen molar-refractivity contribution in [1.82, 2.24) is 9.55 Å². The average Bonchev–Trinajstić information content (AvgIpc) is 3.18. The summed E-state index contributed by atoms with van der Waals surface area (Å²) in [6, 6.07) is 8.19. The van der Waals surface area contributed by atoms with Crippen LogP contribution in [-0.2, 0) is 0 Å². The van der Waals surface area contributed by atoms with Gasteiger partial charge in [-0.1, -0.05) is 23.7 Å². The number of aromatic nitrogens is 2. The summed E-state index contributed by atoms with van der Waals surface area (Å²) in [5.41, 5.74) is 4.18. The van der Waals surface area contributed by atoms with E-state index in [0.29, 0.717) is 0 Å². The lowest BCUT2D eigenvalue weighted by molar-refractivity contribution is 0.560. The third kappa shape index (κ3) is 1.99. The number of halogens is 1. The molecular weight excluding hydrogens is 268 g/mol. The van der Waals surface area contributed by atoms with Crippen LogP contribution in [0.15, 0.2) is 48.6 Å². The van der Waals surface area contributed by atoms with Crippen LogP contribution >= 0.6 is 11.6 Å². The highest BCUT2D eigenvalue weighted by molar-refractivity contribution is 6.30. The van der Waals surface area contributed by atoms with Gasteiger partial charge in [0, 0.05) is 17.4 Å². The van der Waals surface area contributed by atoms with Crippen molar-refractivity contribution in [2.75, 3.05) is 0 Å². The van der Waals surface area contributed by atoms with Gasteiger partial charge in [0.2, 0.25) is 0 Å². The Balaban J connectivity index is 1.86. The predicted octanol–water partition coefficient (Wildman–Crippen LogP) is 4.62. The maximum atomic E-state index is 6.03. The molecule has 0 N–H and O–H groups in total. The predicted molar refractivity (Wildman–Crippen MR) is 81.4 cm³/mol. The van der Waals surface area contributed by atoms with Crippen LogP contribution in [0.5, 0.6) is 0 Å². The minimum atomic E-state index is 0.771. The molecule has 2 atom stereocenters. The lowest BCUT2D eigenvalue weighted by atomic mass is 9.91. The lowest BCUT2D eigenvalue weighted by Crippen LogP contribution is -2.07. The van der Waals surface area contributed by atoms with E-state index in [9.17, 15) is 0 Å². The van der Waals surface area contributed by atoms with Crippen LogP contribution in [0.1, 0.15) is 31.2 Å². The van der Waals surface area contributed by atoms with Gasteiger partial charge in [-0.05, 0) is 60.8 Å². The van der Waals surface area contributed by atoms with E-state index in [0.717, 1.165) is 16.9 Å². The molecule has 3 heteroatoms. The van der Waals surface area contributed by atoms with Crippen molar-refractivity contribution < 1.29 is 0 Å². The highest BCUT2D eigenvalue weighted by Gasteiger charge is 2.37. The molecule has 0 spiro atoms. The largest absolute Gasteiger partial charge is 0.306 e. The number of hydrogen-bond donors (Lipinski definition) is 0. The molecule has 0 aliphatic heterocycles. The van der Waals surface area contributed by atoms with E-state index >= 15 is 0 Å². The second-order valence-electron chi connectivity index (χ2n) is 5.93. The Labute approximate surface area is 124 Å². The maximum Gasteiger partial charge on any atom is 0.0991 e. The molecule has 1 aromatic heterocycles. The molecule has 2 fully saturated rings. The average molecular weight is 285 g/mol. The van der Waals surface area contributed by atoms with Crippen molar-refractivity contribution in [3.8, 4) is 0 Å². The molecule has 0 amide bonds. The normalized spacial score (nSPS) is 27.1. The summed E-state index contributed by atoms with van der Waals surface area (Å²) in [6.07, 6.45) is 11.2. The highest BCUT2D eigenvalue weighted by atomic mass is 35.5. The summed E-state index contributed by atoms with van der Waals surface area (Å²) < 4.78 is 2.17. The molecule has 0 saturated heterocycles. The second kappa shape index (κ2) is 4.78. The number of fused-ring (bicyclic) bond motifs is 2. The van der Waals surface area contributed by atoms with Crippen molar-refractivity contribution >= 4 is 17.3 Å². The van der Waals surface area contributed by atoms with E-state index in [-0.39, 0.29) is 0 Å². The zero-order valence-corrected chi connectivity index (χ0v) is 12.1. The number of benzene rings is 1. The number of hydrogen-bond acceptors (Lipinski definition) is 1. The maximum absolute atomic E-state index is 6.03. The van der Waals surface area contributed by atoms with Gasteiger partial charge in [-0.25, -0.2) is 4.98 Å². The Morgan fingerprint density at radius 1 is 1.20 bits per heavy atom. The van der Waals surface area contributed by atoms with Crippen molar-refractivity contribution in [1.29, 1.82) is 0 Å². The fourth-order valence-corrected chi connectivity index (χ4v) is 3.97. The van der Waals surface area contributed by atoms with Crippen LogP contribution in [-0.4, -0.2) is 9.55 Å². The Morgan fingerprint density at radius 2 is 2.05 bits per heavy atom. The van der Waals surface area contributed by atoms with Gasteiger partial charge in [-0.15, -0.1) is 0 Å². The van der Waals surface area contributed by atoms with E-state index < -0.39 is 0 Å². The summed E-state index contributed by atoms with van der Waals surface area (Å²) in [6.45, 7) is 0. The summed E-state index contributed by atoms with van der Waals surface area (Å²) in [4.78, 5) is 4.22. The first kappa shape index (κ1) is 12.2. The molecular formula is C17H17ClN2. The van der Waals surface area contributed by atoms with E-state index in [1.165, 1.54) is 36.9 Å². The fraction of sp³-hybridized carbons (Fsp3) is 0.353. The van der Waals surface area contributed by atoms with Crippen LogP contribution in [0.2, 0.25) is 5.02 Å². The first-order valence-corrected chi connectivity index (χ1v) is 7.66. The smallest absolute Gasteiger partial charge is 0.0991 e. The summed E-state index contributed by atoms with van der Waals surface area (Å²) in [7, 11) is 0. The lowest BCUT2D eigenvalue weighted by Gasteiger charge is -2.20. The first-order chi connectivity index (χ1) is 9.81. The molecule has 2 aromatic rings. The minimum Gasteiger partial charge on any atom is -0.306 e. The number of allylic oxidation sites excluding steroid dienone is 1. The quantitative estimate of drug-likeness (QED) is 0.787. The third-order valence-corrected chi connectivity index (χ3v) is 4.98. The standard InChI is InChI=1S/C17H17ClN2/c18-15-5-3-13(4-6-15)17(20-8-7-19-11-20)16-10-12-1-2-14(16)9-12/h3-8,11-12,14H,1-2,9-10H2/b17-16+. The summed E-state index contributed by atoms with van der Waals surface area (Å²) in [5.74, 6) is 1.67. The number of nitrogens with zero attached hydrogens (tertiary/aromatic N) is 2. The van der Waals surface area contributed by atoms with Gasteiger partial charge in [-0.3, -0.25) is 0 Å². The first-order valence-electron chi connectivity index (χ1n) is 7.28. The van der Waals surface area contributed by atoms with Gasteiger partial charge in [0.15, 0.2) is 0 Å². The molecule has 2 aliphatic carbocycles. The van der Waals surface area contributed by atoms with Crippen LogP contribution in [0.25, 0.3) is 5.70 Å². The second-order valence-corrected chi connectivity index (χ2v) is 6.37. The fourth-order valence-electron chi connectivity index (χ4n) is 3.84. The molecule has 1 aromatic carbocycles. The SMILES string of the molecule is Clc1ccc(/C(=C2/CC3CCC2C3)n2ccnc2)cc1. The monoisotopic (exact) mass is 284 g/mol. The zero-order chi connectivity index (χ0) is 13.5. The van der Waals surface area contributed by atoms with Gasteiger partial charge >= 0.3 is 0 Å². The van der Waals surface area contributed by atoms with E-state index in [1.807, 2.05) is 30.9 Å². The molecule has 2 bridgehead atoms. The third-order valence-electron chi connectivity index (χ3n) is 4.73. The van der Waals surface area contributed by atoms with E-state index in [2.05, 4.69) is 21.7 Å². The van der Waals surface area contributed by atoms with Crippen LogP contribution in [0, 0.1) is 11.8 Å². The molecule has 2 nitrogen and oxygen atoms in total. The van der Waals surface area contributed by atoms with Crippen LogP contribution < -0.4 is 0 Å². The van der Waals surface area contributed by atoms with E-state index in [1.54, 1.807) is 5.57 Å². The van der Waals surface area contributed by atoms with E-state index in [4.69, 9.17) is 11.6 Å². The Morgan fingerprint density at radius 3 is 2.65 bits per heavy atom. The van der Waals surface area contributed by atoms with Gasteiger partial charge in [0.1, 0.15) is 0 Å². The zero-order valence-electron chi connectivity index (χ0n) is 11.3. The van der Waals surface area contributed by atoms with Gasteiger partial charge in [-0.2, -0.15) is 0 Å². The summed E-state index contributed by atoms with van der Waals surface area (Å²) in [5, 5.41) is 0.789. The van der Waals surface area contributed by atoms with Crippen molar-refractivity contribution in [3.63, 3.8) is 0 Å². The minimum absolute atomic E-state index is 0.771. The molecule has 2 aliphatic rings. The van der Waals surface area contributed by atoms with Gasteiger partial charge in [0.25, 0.3) is 0 Å². The molecule has 20 heavy (non-hydrogen) atoms. The molecule has 4 rings (SSSR count). The Kier molecular flexibility index (Phi) is 2.92. The number of imidazole rings is 1. The molecule has 102 valence electrons. The topological polar surface area (TPSA) is 17.8 Å². The Hall–Kier alpha value is -1.54. The number of rotatable bonds is 2. The van der Waals surface area contributed by atoms with Crippen LogP contribution in [0.3, 0.4) is 0 Å². The highest BCUT2D eigenvalue weighted by Crippen LogP contribution is 2.50. The van der Waals surface area contributed by atoms with Gasteiger partial charge < -0.3 is 4.57 Å². The van der Waals surface area contributed by atoms with Gasteiger partial charge in [0.05, 0.1) is 12.0 Å². The van der Waals surface area contributed by atoms with Crippen molar-refractivity contribution in [2.45, 2.75) is 25.7 Å². The molecule has 2 unspecified atom stereocenters. The molecule has 2 saturated carbocycles. The van der Waals surface area contributed by atoms with Crippen molar-refractivity contribution in [3.05, 3.63) is 59.1 Å². The Bertz CT molecular complexity index is 640. The van der Waals surface area contributed by atoms with Crippen LogP contribution in [0.4, 0.5) is 0 Å².